The minimum Gasteiger partial charge on any atom is -0.340 e. The molecule has 1 atom stereocenters. The zero-order chi connectivity index (χ0) is 14.7. The molecule has 21 heavy (non-hydrogen) atoms. The number of carbonyl (C=O) groups excluding carboxylic acids is 1. The van der Waals surface area contributed by atoms with Gasteiger partial charge in [-0.3, -0.25) is 9.78 Å². The topological polar surface area (TPSA) is 45.2 Å². The van der Waals surface area contributed by atoms with Gasteiger partial charge in [0.2, 0.25) is 5.91 Å². The Hall–Kier alpha value is -2.20. The molecule has 0 bridgehead atoms. The van der Waals surface area contributed by atoms with Crippen LogP contribution in [-0.4, -0.2) is 28.9 Å². The van der Waals surface area contributed by atoms with Crippen LogP contribution in [0.2, 0.25) is 0 Å². The van der Waals surface area contributed by atoms with E-state index in [1.807, 2.05) is 31.3 Å². The van der Waals surface area contributed by atoms with E-state index in [2.05, 4.69) is 22.4 Å². The number of likely N-dealkylation sites (N-methyl/N-ethyl adjacent to an activating group) is 1. The smallest absolute Gasteiger partial charge is 0.240 e. The van der Waals surface area contributed by atoms with Gasteiger partial charge < -0.3 is 10.2 Å². The Bertz CT molecular complexity index is 627. The molecule has 1 aromatic carbocycles. The van der Waals surface area contributed by atoms with Gasteiger partial charge in [-0.1, -0.05) is 30.3 Å². The van der Waals surface area contributed by atoms with Gasteiger partial charge in [0.1, 0.15) is 0 Å². The fourth-order valence-electron chi connectivity index (χ4n) is 2.74. The van der Waals surface area contributed by atoms with E-state index in [1.165, 1.54) is 11.1 Å². The lowest BCUT2D eigenvalue weighted by molar-refractivity contribution is -0.132. The van der Waals surface area contributed by atoms with Crippen LogP contribution < -0.4 is 5.32 Å². The summed E-state index contributed by atoms with van der Waals surface area (Å²) < 4.78 is 0. The van der Waals surface area contributed by atoms with Crippen molar-refractivity contribution in [2.45, 2.75) is 25.6 Å². The first-order valence-electron chi connectivity index (χ1n) is 7.18. The van der Waals surface area contributed by atoms with E-state index in [0.717, 1.165) is 18.5 Å². The van der Waals surface area contributed by atoms with Gasteiger partial charge >= 0.3 is 0 Å². The highest BCUT2D eigenvalue weighted by atomic mass is 16.2. The predicted molar refractivity (Wildman–Crippen MR) is 81.5 cm³/mol. The van der Waals surface area contributed by atoms with Gasteiger partial charge in [0, 0.05) is 32.5 Å². The third-order valence-corrected chi connectivity index (χ3v) is 3.90. The highest BCUT2D eigenvalue weighted by molar-refractivity contribution is 5.82. The van der Waals surface area contributed by atoms with E-state index in [4.69, 9.17) is 0 Å². The van der Waals surface area contributed by atoms with Crippen molar-refractivity contribution in [2.24, 2.45) is 0 Å². The number of hydrogen-bond acceptors (Lipinski definition) is 3. The number of nitrogens with zero attached hydrogens (tertiary/aromatic N) is 2. The maximum Gasteiger partial charge on any atom is 0.240 e. The summed E-state index contributed by atoms with van der Waals surface area (Å²) in [6.07, 6.45) is 4.30. The third-order valence-electron chi connectivity index (χ3n) is 3.90. The molecule has 1 amide bonds. The summed E-state index contributed by atoms with van der Waals surface area (Å²) in [5.41, 5.74) is 3.60. The van der Waals surface area contributed by atoms with Gasteiger partial charge in [0.05, 0.1) is 6.04 Å². The lowest BCUT2D eigenvalue weighted by Crippen LogP contribution is -2.48. The van der Waals surface area contributed by atoms with Crippen molar-refractivity contribution in [3.8, 4) is 0 Å². The van der Waals surface area contributed by atoms with Crippen molar-refractivity contribution in [1.29, 1.82) is 0 Å². The normalized spacial score (nSPS) is 17.1. The number of pyridine rings is 1. The molecular weight excluding hydrogens is 262 g/mol. The van der Waals surface area contributed by atoms with Crippen molar-refractivity contribution < 1.29 is 4.79 Å². The summed E-state index contributed by atoms with van der Waals surface area (Å²) in [6, 6.07) is 12.0. The Morgan fingerprint density at radius 2 is 2.10 bits per heavy atom. The summed E-state index contributed by atoms with van der Waals surface area (Å²) in [7, 11) is 1.84. The van der Waals surface area contributed by atoms with Crippen LogP contribution in [0, 0.1) is 0 Å². The van der Waals surface area contributed by atoms with E-state index in [0.29, 0.717) is 6.54 Å². The quantitative estimate of drug-likeness (QED) is 0.932. The molecule has 1 aliphatic rings. The van der Waals surface area contributed by atoms with E-state index >= 15 is 0 Å². The number of benzene rings is 1. The number of carbonyl (C=O) groups is 1. The number of hydrogen-bond donors (Lipinski definition) is 1. The second-order valence-corrected chi connectivity index (χ2v) is 5.46. The van der Waals surface area contributed by atoms with Crippen LogP contribution >= 0.6 is 0 Å². The van der Waals surface area contributed by atoms with Crippen LogP contribution in [-0.2, 0) is 24.3 Å². The van der Waals surface area contributed by atoms with Gasteiger partial charge in [-0.2, -0.15) is 0 Å². The predicted octanol–water partition coefficient (Wildman–Crippen LogP) is 1.75. The Morgan fingerprint density at radius 1 is 1.29 bits per heavy atom. The van der Waals surface area contributed by atoms with E-state index in [9.17, 15) is 4.79 Å². The molecule has 3 rings (SSSR count). The number of rotatable bonds is 3. The van der Waals surface area contributed by atoms with Crippen molar-refractivity contribution >= 4 is 5.91 Å². The molecular formula is C17H19N3O. The zero-order valence-electron chi connectivity index (χ0n) is 12.1. The summed E-state index contributed by atoms with van der Waals surface area (Å²) in [5.74, 6) is 0.133. The highest BCUT2D eigenvalue weighted by Crippen LogP contribution is 2.17. The molecule has 1 N–H and O–H groups in total. The van der Waals surface area contributed by atoms with Crippen LogP contribution in [0.25, 0.3) is 0 Å². The molecule has 2 heterocycles. The Labute approximate surface area is 124 Å². The van der Waals surface area contributed by atoms with Gasteiger partial charge in [-0.15, -0.1) is 0 Å². The molecule has 2 aromatic rings. The fourth-order valence-corrected chi connectivity index (χ4v) is 2.74. The van der Waals surface area contributed by atoms with Crippen molar-refractivity contribution in [3.63, 3.8) is 0 Å². The Morgan fingerprint density at radius 3 is 2.86 bits per heavy atom. The van der Waals surface area contributed by atoms with Crippen molar-refractivity contribution in [2.75, 3.05) is 7.05 Å². The third kappa shape index (κ3) is 3.11. The first kappa shape index (κ1) is 13.8. The number of aromatic nitrogens is 1. The number of amides is 1. The van der Waals surface area contributed by atoms with Crippen LogP contribution in [0.1, 0.15) is 16.7 Å². The molecule has 0 saturated heterocycles. The second-order valence-electron chi connectivity index (χ2n) is 5.46. The summed E-state index contributed by atoms with van der Waals surface area (Å²) in [5, 5.41) is 3.33. The molecule has 0 spiro atoms. The summed E-state index contributed by atoms with van der Waals surface area (Å²) in [4.78, 5) is 18.4. The minimum atomic E-state index is -0.137. The standard InChI is InChI=1S/C17H19N3O/c1-20(12-13-5-4-8-18-10-13)17(21)16-9-14-6-2-3-7-15(14)11-19-16/h2-8,10,16,19H,9,11-12H2,1H3/t16-/m0/s1. The highest BCUT2D eigenvalue weighted by Gasteiger charge is 2.26. The van der Waals surface area contributed by atoms with Gasteiger partial charge in [0.15, 0.2) is 0 Å². The first-order chi connectivity index (χ1) is 10.2. The molecule has 1 aromatic heterocycles. The van der Waals surface area contributed by atoms with Gasteiger partial charge in [-0.05, 0) is 29.2 Å². The second kappa shape index (κ2) is 6.06. The van der Waals surface area contributed by atoms with E-state index in [1.54, 1.807) is 17.3 Å². The molecule has 4 heteroatoms. The Balaban J connectivity index is 1.66. The summed E-state index contributed by atoms with van der Waals surface area (Å²) >= 11 is 0. The molecule has 0 aliphatic carbocycles. The van der Waals surface area contributed by atoms with E-state index in [-0.39, 0.29) is 11.9 Å². The lowest BCUT2D eigenvalue weighted by atomic mass is 9.95. The molecule has 0 unspecified atom stereocenters. The van der Waals surface area contributed by atoms with Gasteiger partial charge in [-0.25, -0.2) is 0 Å². The van der Waals surface area contributed by atoms with Crippen LogP contribution in [0.3, 0.4) is 0 Å². The van der Waals surface area contributed by atoms with Crippen LogP contribution in [0.4, 0.5) is 0 Å². The molecule has 4 nitrogen and oxygen atoms in total. The van der Waals surface area contributed by atoms with E-state index < -0.39 is 0 Å². The average Bonchev–Trinajstić information content (AvgIpc) is 2.54. The minimum absolute atomic E-state index is 0.133. The monoisotopic (exact) mass is 281 g/mol. The molecule has 0 fully saturated rings. The molecule has 108 valence electrons. The average molecular weight is 281 g/mol. The molecule has 0 radical (unpaired) electrons. The first-order valence-corrected chi connectivity index (χ1v) is 7.18. The SMILES string of the molecule is CN(Cc1cccnc1)C(=O)[C@@H]1Cc2ccccc2CN1. The van der Waals surface area contributed by atoms with Crippen molar-refractivity contribution in [3.05, 3.63) is 65.5 Å². The molecule has 1 aliphatic heterocycles. The van der Waals surface area contributed by atoms with Crippen molar-refractivity contribution in [1.82, 2.24) is 15.2 Å². The number of fused-ring (bicyclic) bond motifs is 1. The van der Waals surface area contributed by atoms with Crippen LogP contribution in [0.5, 0.6) is 0 Å². The fraction of sp³-hybridized carbons (Fsp3) is 0.294. The largest absolute Gasteiger partial charge is 0.340 e. The molecule has 0 saturated carbocycles. The maximum atomic E-state index is 12.6. The summed E-state index contributed by atoms with van der Waals surface area (Å²) in [6.45, 7) is 1.35. The van der Waals surface area contributed by atoms with Crippen LogP contribution in [0.15, 0.2) is 48.8 Å². The Kier molecular flexibility index (Phi) is 3.97. The maximum absolute atomic E-state index is 12.6. The lowest BCUT2D eigenvalue weighted by Gasteiger charge is -2.29. The van der Waals surface area contributed by atoms with Gasteiger partial charge in [0.25, 0.3) is 0 Å². The number of nitrogens with one attached hydrogen (secondary N) is 1. The zero-order valence-corrected chi connectivity index (χ0v) is 12.1.